The monoisotopic (exact) mass is 389 g/mol. The summed E-state index contributed by atoms with van der Waals surface area (Å²) >= 11 is 0. The van der Waals surface area contributed by atoms with E-state index in [2.05, 4.69) is 25.8 Å². The van der Waals surface area contributed by atoms with E-state index in [0.717, 1.165) is 44.0 Å². The van der Waals surface area contributed by atoms with Gasteiger partial charge >= 0.3 is 6.18 Å². The Hall–Kier alpha value is -1.84. The van der Waals surface area contributed by atoms with E-state index in [9.17, 15) is 13.2 Å². The van der Waals surface area contributed by atoms with Crippen LogP contribution in [0.1, 0.15) is 37.8 Å². The van der Waals surface area contributed by atoms with Crippen LogP contribution in [0.25, 0.3) is 0 Å². The number of aryl methyl sites for hydroxylation is 1. The average Bonchev–Trinajstić information content (AvgIpc) is 2.92. The number of aliphatic imine (C=N–C) groups is 1. The lowest BCUT2D eigenvalue weighted by Gasteiger charge is -2.32. The van der Waals surface area contributed by atoms with Crippen LogP contribution in [0.5, 0.6) is 0 Å². The fraction of sp³-hybridized carbons (Fsp3) is 0.824. The molecule has 1 aromatic rings. The molecule has 1 aliphatic heterocycles. The lowest BCUT2D eigenvalue weighted by atomic mass is 9.93. The molecule has 2 rings (SSSR count). The topological polar surface area (TPSA) is 70.4 Å². The molecule has 7 nitrogen and oxygen atoms in total. The smallest absolute Gasteiger partial charge is 0.357 e. The van der Waals surface area contributed by atoms with Crippen molar-refractivity contribution in [1.29, 1.82) is 0 Å². The number of nitrogens with one attached hydrogen (secondary N) is 2. The lowest BCUT2D eigenvalue weighted by molar-refractivity contribution is -0.148. The molecule has 0 saturated carbocycles. The molecule has 2 heterocycles. The number of hydrogen-bond acceptors (Lipinski definition) is 4. The number of guanidine groups is 1. The third kappa shape index (κ3) is 7.36. The maximum atomic E-state index is 12.4. The van der Waals surface area contributed by atoms with E-state index in [1.54, 1.807) is 0 Å². The molecule has 0 amide bonds. The fourth-order valence-electron chi connectivity index (χ4n) is 3.16. The molecule has 10 heteroatoms. The van der Waals surface area contributed by atoms with Gasteiger partial charge in [-0.15, -0.1) is 10.2 Å². The summed E-state index contributed by atoms with van der Waals surface area (Å²) in [5, 5.41) is 14.6. The second-order valence-corrected chi connectivity index (χ2v) is 6.97. The molecule has 0 aliphatic carbocycles. The Morgan fingerprint density at radius 1 is 1.22 bits per heavy atom. The quantitative estimate of drug-likeness (QED) is 0.550. The Morgan fingerprint density at radius 2 is 1.93 bits per heavy atom. The maximum absolute atomic E-state index is 12.4. The van der Waals surface area contributed by atoms with Crippen LogP contribution < -0.4 is 10.6 Å². The highest BCUT2D eigenvalue weighted by atomic mass is 19.4. The molecule has 1 saturated heterocycles. The van der Waals surface area contributed by atoms with Crippen LogP contribution in [-0.2, 0) is 13.6 Å². The summed E-state index contributed by atoms with van der Waals surface area (Å²) in [4.78, 5) is 6.03. The van der Waals surface area contributed by atoms with Crippen LogP contribution >= 0.6 is 0 Å². The first-order valence-corrected chi connectivity index (χ1v) is 9.44. The lowest BCUT2D eigenvalue weighted by Crippen LogP contribution is -2.41. The summed E-state index contributed by atoms with van der Waals surface area (Å²) in [7, 11) is 1.91. The van der Waals surface area contributed by atoms with E-state index in [1.807, 2.05) is 25.5 Å². The molecule has 27 heavy (non-hydrogen) atoms. The second-order valence-electron chi connectivity index (χ2n) is 6.97. The summed E-state index contributed by atoms with van der Waals surface area (Å²) in [5.74, 6) is 2.80. The standard InChI is InChI=1S/C17H30F3N7/c1-4-21-16(23-11-15-25-24-13(2)26(15)3)22-8-5-14-6-9-27(10-7-14)12-17(18,19)20/h14H,4-12H2,1-3H3,(H2,21,22,23). The zero-order chi connectivity index (χ0) is 19.9. The highest BCUT2D eigenvalue weighted by molar-refractivity contribution is 5.79. The molecule has 0 spiro atoms. The van der Waals surface area contributed by atoms with Gasteiger partial charge in [-0.05, 0) is 52.1 Å². The van der Waals surface area contributed by atoms with Crippen LogP contribution in [0.3, 0.4) is 0 Å². The van der Waals surface area contributed by atoms with Crippen molar-refractivity contribution in [3.63, 3.8) is 0 Å². The Balaban J connectivity index is 1.73. The number of likely N-dealkylation sites (tertiary alicyclic amines) is 1. The van der Waals surface area contributed by atoms with Gasteiger partial charge in [0.2, 0.25) is 0 Å². The second kappa shape index (κ2) is 9.91. The van der Waals surface area contributed by atoms with Crippen LogP contribution in [0.15, 0.2) is 4.99 Å². The van der Waals surface area contributed by atoms with E-state index in [1.165, 1.54) is 4.90 Å². The van der Waals surface area contributed by atoms with Gasteiger partial charge in [0, 0.05) is 20.1 Å². The van der Waals surface area contributed by atoms with Gasteiger partial charge in [-0.1, -0.05) is 0 Å². The van der Waals surface area contributed by atoms with E-state index >= 15 is 0 Å². The van der Waals surface area contributed by atoms with Crippen molar-refractivity contribution in [3.05, 3.63) is 11.6 Å². The summed E-state index contributed by atoms with van der Waals surface area (Å²) in [6, 6.07) is 0. The molecule has 0 radical (unpaired) electrons. The first-order chi connectivity index (χ1) is 12.8. The highest BCUT2D eigenvalue weighted by Gasteiger charge is 2.32. The minimum Gasteiger partial charge on any atom is -0.357 e. The third-order valence-corrected chi connectivity index (χ3v) is 4.86. The SMILES string of the molecule is CCNC(=NCc1nnc(C)n1C)NCCC1CCN(CC(F)(F)F)CC1. The zero-order valence-corrected chi connectivity index (χ0v) is 16.3. The molecule has 1 aliphatic rings. The summed E-state index contributed by atoms with van der Waals surface area (Å²) < 4.78 is 39.2. The van der Waals surface area contributed by atoms with Crippen molar-refractivity contribution in [2.75, 3.05) is 32.7 Å². The number of rotatable bonds is 7. The molecule has 2 N–H and O–H groups in total. The molecule has 0 aromatic carbocycles. The largest absolute Gasteiger partial charge is 0.401 e. The Morgan fingerprint density at radius 3 is 2.48 bits per heavy atom. The van der Waals surface area contributed by atoms with Gasteiger partial charge in [0.05, 0.1) is 6.54 Å². The van der Waals surface area contributed by atoms with E-state index in [-0.39, 0.29) is 0 Å². The average molecular weight is 389 g/mol. The van der Waals surface area contributed by atoms with E-state index in [0.29, 0.717) is 31.5 Å². The van der Waals surface area contributed by atoms with Crippen molar-refractivity contribution >= 4 is 5.96 Å². The summed E-state index contributed by atoms with van der Waals surface area (Å²) in [6.45, 7) is 6.06. The van der Waals surface area contributed by atoms with Crippen LogP contribution in [0.2, 0.25) is 0 Å². The van der Waals surface area contributed by atoms with Crippen molar-refractivity contribution in [2.24, 2.45) is 18.0 Å². The fourth-order valence-corrected chi connectivity index (χ4v) is 3.16. The Labute approximate surface area is 158 Å². The Kier molecular flexibility index (Phi) is 7.88. The molecule has 1 fully saturated rings. The molecular formula is C17H30F3N7. The molecule has 0 bridgehead atoms. The van der Waals surface area contributed by atoms with Gasteiger partial charge in [0.25, 0.3) is 0 Å². The predicted octanol–water partition coefficient (Wildman–Crippen LogP) is 1.84. The van der Waals surface area contributed by atoms with Gasteiger partial charge in [-0.3, -0.25) is 4.90 Å². The van der Waals surface area contributed by atoms with Crippen molar-refractivity contribution in [2.45, 2.75) is 45.8 Å². The molecule has 0 atom stereocenters. The van der Waals surface area contributed by atoms with Gasteiger partial charge in [-0.2, -0.15) is 13.2 Å². The van der Waals surface area contributed by atoms with Crippen LogP contribution in [0.4, 0.5) is 13.2 Å². The van der Waals surface area contributed by atoms with Gasteiger partial charge in [0.15, 0.2) is 11.8 Å². The van der Waals surface area contributed by atoms with Gasteiger partial charge in [0.1, 0.15) is 12.4 Å². The Bertz CT molecular complexity index is 604. The van der Waals surface area contributed by atoms with E-state index in [4.69, 9.17) is 0 Å². The van der Waals surface area contributed by atoms with E-state index < -0.39 is 12.7 Å². The minimum absolute atomic E-state index is 0.433. The number of hydrogen-bond donors (Lipinski definition) is 2. The minimum atomic E-state index is -4.10. The molecular weight excluding hydrogens is 359 g/mol. The first kappa shape index (κ1) is 21.5. The number of aromatic nitrogens is 3. The highest BCUT2D eigenvalue weighted by Crippen LogP contribution is 2.23. The number of nitrogens with zero attached hydrogens (tertiary/aromatic N) is 5. The van der Waals surface area contributed by atoms with Crippen molar-refractivity contribution in [3.8, 4) is 0 Å². The van der Waals surface area contributed by atoms with Crippen molar-refractivity contribution < 1.29 is 13.2 Å². The van der Waals surface area contributed by atoms with Gasteiger partial charge in [-0.25, -0.2) is 4.99 Å². The number of piperidine rings is 1. The van der Waals surface area contributed by atoms with Crippen molar-refractivity contribution in [1.82, 2.24) is 30.3 Å². The zero-order valence-electron chi connectivity index (χ0n) is 16.3. The molecule has 154 valence electrons. The number of alkyl halides is 3. The van der Waals surface area contributed by atoms with Crippen LogP contribution in [-0.4, -0.2) is 64.5 Å². The maximum Gasteiger partial charge on any atom is 0.401 e. The van der Waals surface area contributed by atoms with Crippen LogP contribution in [0, 0.1) is 12.8 Å². The molecule has 0 unspecified atom stereocenters. The summed E-state index contributed by atoms with van der Waals surface area (Å²) in [6.07, 6.45) is -1.56. The summed E-state index contributed by atoms with van der Waals surface area (Å²) in [5.41, 5.74) is 0. The molecule has 1 aromatic heterocycles. The predicted molar refractivity (Wildman–Crippen MR) is 98.4 cm³/mol. The third-order valence-electron chi connectivity index (χ3n) is 4.86. The first-order valence-electron chi connectivity index (χ1n) is 9.44. The van der Waals surface area contributed by atoms with Gasteiger partial charge < -0.3 is 15.2 Å². The number of halogens is 3. The normalized spacial score (nSPS) is 17.3.